The molecule has 3 rings (SSSR count). The SMILES string of the molecule is C[C@H](CNc1ncccc1[N+](=O)[O-])N1CCc2ccccc2C1. The smallest absolute Gasteiger partial charge is 0.311 e. The number of nitrogens with one attached hydrogen (secondary N) is 1. The van der Waals surface area contributed by atoms with Crippen LogP contribution in [0.25, 0.3) is 0 Å². The van der Waals surface area contributed by atoms with Crippen LogP contribution in [0.3, 0.4) is 0 Å². The Morgan fingerprint density at radius 3 is 2.87 bits per heavy atom. The van der Waals surface area contributed by atoms with Gasteiger partial charge in [-0.2, -0.15) is 0 Å². The lowest BCUT2D eigenvalue weighted by Gasteiger charge is -2.33. The normalized spacial score (nSPS) is 15.7. The van der Waals surface area contributed by atoms with Crippen LogP contribution in [0.2, 0.25) is 0 Å². The van der Waals surface area contributed by atoms with Crippen LogP contribution in [0.4, 0.5) is 11.5 Å². The lowest BCUT2D eigenvalue weighted by atomic mass is 9.99. The maximum Gasteiger partial charge on any atom is 0.311 e. The summed E-state index contributed by atoms with van der Waals surface area (Å²) in [6, 6.07) is 11.8. The molecule has 0 bridgehead atoms. The second-order valence-electron chi connectivity index (χ2n) is 5.85. The minimum absolute atomic E-state index is 0.0173. The number of hydrogen-bond donors (Lipinski definition) is 1. The number of pyridine rings is 1. The molecule has 0 fully saturated rings. The van der Waals surface area contributed by atoms with Gasteiger partial charge in [0.2, 0.25) is 5.82 Å². The topological polar surface area (TPSA) is 71.3 Å². The largest absolute Gasteiger partial charge is 0.363 e. The van der Waals surface area contributed by atoms with Gasteiger partial charge in [-0.25, -0.2) is 4.98 Å². The summed E-state index contributed by atoms with van der Waals surface area (Å²) in [6.07, 6.45) is 2.61. The molecule has 0 spiro atoms. The number of nitro groups is 1. The van der Waals surface area contributed by atoms with Crippen molar-refractivity contribution in [3.8, 4) is 0 Å². The summed E-state index contributed by atoms with van der Waals surface area (Å²) in [5.41, 5.74) is 2.81. The molecule has 0 amide bonds. The number of anilines is 1. The van der Waals surface area contributed by atoms with E-state index < -0.39 is 4.92 Å². The average molecular weight is 312 g/mol. The number of hydrogen-bond acceptors (Lipinski definition) is 5. The fourth-order valence-corrected chi connectivity index (χ4v) is 2.95. The van der Waals surface area contributed by atoms with E-state index in [9.17, 15) is 10.1 Å². The monoisotopic (exact) mass is 312 g/mol. The maximum absolute atomic E-state index is 11.0. The van der Waals surface area contributed by atoms with E-state index in [-0.39, 0.29) is 11.7 Å². The van der Waals surface area contributed by atoms with Crippen LogP contribution in [0.5, 0.6) is 0 Å². The summed E-state index contributed by atoms with van der Waals surface area (Å²) >= 11 is 0. The minimum atomic E-state index is -0.406. The highest BCUT2D eigenvalue weighted by molar-refractivity contribution is 5.55. The number of benzene rings is 1. The molecule has 6 heteroatoms. The zero-order valence-electron chi connectivity index (χ0n) is 13.1. The van der Waals surface area contributed by atoms with Crippen molar-refractivity contribution in [2.45, 2.75) is 25.9 Å². The molecule has 1 aliphatic rings. The Kier molecular flexibility index (Phi) is 4.52. The fraction of sp³-hybridized carbons (Fsp3) is 0.353. The molecule has 0 saturated heterocycles. The minimum Gasteiger partial charge on any atom is -0.363 e. The predicted octanol–water partition coefficient (Wildman–Crippen LogP) is 2.85. The van der Waals surface area contributed by atoms with Crippen LogP contribution in [0.15, 0.2) is 42.6 Å². The van der Waals surface area contributed by atoms with Crippen molar-refractivity contribution in [3.63, 3.8) is 0 Å². The quantitative estimate of drug-likeness (QED) is 0.679. The van der Waals surface area contributed by atoms with Crippen molar-refractivity contribution in [1.82, 2.24) is 9.88 Å². The molecule has 2 heterocycles. The highest BCUT2D eigenvalue weighted by Gasteiger charge is 2.21. The lowest BCUT2D eigenvalue weighted by Crippen LogP contribution is -2.41. The van der Waals surface area contributed by atoms with Crippen LogP contribution < -0.4 is 5.32 Å². The van der Waals surface area contributed by atoms with Crippen LogP contribution >= 0.6 is 0 Å². The van der Waals surface area contributed by atoms with Gasteiger partial charge in [0, 0.05) is 37.9 Å². The number of aromatic nitrogens is 1. The first kappa shape index (κ1) is 15.4. The highest BCUT2D eigenvalue weighted by Crippen LogP contribution is 2.22. The summed E-state index contributed by atoms with van der Waals surface area (Å²) in [7, 11) is 0. The molecule has 0 saturated carbocycles. The zero-order valence-corrected chi connectivity index (χ0v) is 13.1. The molecule has 6 nitrogen and oxygen atoms in total. The Morgan fingerprint density at radius 1 is 1.30 bits per heavy atom. The van der Waals surface area contributed by atoms with Gasteiger partial charge in [-0.15, -0.1) is 0 Å². The maximum atomic E-state index is 11.0. The summed E-state index contributed by atoms with van der Waals surface area (Å²) in [6.45, 7) is 4.68. The zero-order chi connectivity index (χ0) is 16.2. The van der Waals surface area contributed by atoms with E-state index >= 15 is 0 Å². The van der Waals surface area contributed by atoms with Crippen molar-refractivity contribution in [1.29, 1.82) is 0 Å². The van der Waals surface area contributed by atoms with E-state index in [1.807, 2.05) is 0 Å². The third-order valence-electron chi connectivity index (χ3n) is 4.33. The van der Waals surface area contributed by atoms with Gasteiger partial charge in [0.15, 0.2) is 0 Å². The summed E-state index contributed by atoms with van der Waals surface area (Å²) in [5, 5.41) is 14.1. The predicted molar refractivity (Wildman–Crippen MR) is 89.4 cm³/mol. The summed E-state index contributed by atoms with van der Waals surface area (Å²) < 4.78 is 0. The molecular formula is C17H20N4O2. The summed E-state index contributed by atoms with van der Waals surface area (Å²) in [4.78, 5) is 17.1. The van der Waals surface area contributed by atoms with Gasteiger partial charge in [-0.1, -0.05) is 24.3 Å². The molecule has 0 aliphatic carbocycles. The summed E-state index contributed by atoms with van der Waals surface area (Å²) in [5.74, 6) is 0.335. The van der Waals surface area contributed by atoms with Crippen molar-refractivity contribution in [2.24, 2.45) is 0 Å². The Balaban J connectivity index is 1.63. The van der Waals surface area contributed by atoms with Crippen LogP contribution in [0, 0.1) is 10.1 Å². The van der Waals surface area contributed by atoms with E-state index in [1.54, 1.807) is 12.3 Å². The van der Waals surface area contributed by atoms with Crippen molar-refractivity contribution in [3.05, 3.63) is 63.8 Å². The van der Waals surface area contributed by atoms with Crippen molar-refractivity contribution < 1.29 is 4.92 Å². The van der Waals surface area contributed by atoms with Gasteiger partial charge in [0.25, 0.3) is 0 Å². The van der Waals surface area contributed by atoms with E-state index in [2.05, 4.69) is 46.4 Å². The van der Waals surface area contributed by atoms with E-state index in [4.69, 9.17) is 0 Å². The van der Waals surface area contributed by atoms with Gasteiger partial charge < -0.3 is 5.32 Å². The first-order chi connectivity index (χ1) is 11.1. The molecule has 1 N–H and O–H groups in total. The molecule has 1 aromatic heterocycles. The van der Waals surface area contributed by atoms with E-state index in [0.717, 1.165) is 19.5 Å². The molecule has 0 radical (unpaired) electrons. The van der Waals surface area contributed by atoms with Gasteiger partial charge in [-0.3, -0.25) is 15.0 Å². The Morgan fingerprint density at radius 2 is 2.09 bits per heavy atom. The Hall–Kier alpha value is -2.47. The first-order valence-corrected chi connectivity index (χ1v) is 7.79. The highest BCUT2D eigenvalue weighted by atomic mass is 16.6. The lowest BCUT2D eigenvalue weighted by molar-refractivity contribution is -0.384. The fourth-order valence-electron chi connectivity index (χ4n) is 2.95. The molecule has 120 valence electrons. The second kappa shape index (κ2) is 6.75. The van der Waals surface area contributed by atoms with Crippen LogP contribution in [0.1, 0.15) is 18.1 Å². The molecule has 1 atom stereocenters. The van der Waals surface area contributed by atoms with E-state index in [1.165, 1.54) is 17.2 Å². The van der Waals surface area contributed by atoms with Crippen LogP contribution in [-0.2, 0) is 13.0 Å². The third-order valence-corrected chi connectivity index (χ3v) is 4.33. The average Bonchev–Trinajstić information content (AvgIpc) is 2.59. The molecule has 1 aromatic carbocycles. The van der Waals surface area contributed by atoms with Gasteiger partial charge in [-0.05, 0) is 30.5 Å². The van der Waals surface area contributed by atoms with Crippen molar-refractivity contribution >= 4 is 11.5 Å². The number of nitrogens with zero attached hydrogens (tertiary/aromatic N) is 3. The number of fused-ring (bicyclic) bond motifs is 1. The van der Waals surface area contributed by atoms with Gasteiger partial charge in [0.1, 0.15) is 0 Å². The molecule has 0 unspecified atom stereocenters. The molecule has 1 aliphatic heterocycles. The first-order valence-electron chi connectivity index (χ1n) is 7.79. The molecule has 23 heavy (non-hydrogen) atoms. The van der Waals surface area contributed by atoms with E-state index in [0.29, 0.717) is 12.4 Å². The third kappa shape index (κ3) is 3.48. The molecular weight excluding hydrogens is 292 g/mol. The second-order valence-corrected chi connectivity index (χ2v) is 5.85. The van der Waals surface area contributed by atoms with Gasteiger partial charge in [0.05, 0.1) is 4.92 Å². The van der Waals surface area contributed by atoms with Crippen molar-refractivity contribution in [2.75, 3.05) is 18.4 Å². The van der Waals surface area contributed by atoms with Gasteiger partial charge >= 0.3 is 5.69 Å². The Labute approximate surface area is 135 Å². The number of rotatable bonds is 5. The Bertz CT molecular complexity index is 704. The molecule has 2 aromatic rings. The van der Waals surface area contributed by atoms with Crippen LogP contribution in [-0.4, -0.2) is 33.9 Å². The standard InChI is InChI=1S/C17H20N4O2/c1-13(11-19-17-16(21(22)23)7-4-9-18-17)20-10-8-14-5-2-3-6-15(14)12-20/h2-7,9,13H,8,10-12H2,1H3,(H,18,19)/t13-/m1/s1.